The van der Waals surface area contributed by atoms with Crippen molar-refractivity contribution in [1.29, 1.82) is 0 Å². The minimum absolute atomic E-state index is 0.0346. The number of hydrogen-bond acceptors (Lipinski definition) is 2. The van der Waals surface area contributed by atoms with Crippen molar-refractivity contribution >= 4 is 12.0 Å². The summed E-state index contributed by atoms with van der Waals surface area (Å²) in [7, 11) is 0. The van der Waals surface area contributed by atoms with Crippen molar-refractivity contribution in [3.63, 3.8) is 0 Å². The first-order valence-electron chi connectivity index (χ1n) is 6.75. The zero-order valence-electron chi connectivity index (χ0n) is 11.2. The van der Waals surface area contributed by atoms with Crippen LogP contribution in [0.25, 0.3) is 0 Å². The minimum Gasteiger partial charge on any atom is -0.481 e. The van der Waals surface area contributed by atoms with Gasteiger partial charge in [0.1, 0.15) is 0 Å². The van der Waals surface area contributed by atoms with Crippen LogP contribution in [-0.4, -0.2) is 29.7 Å². The highest BCUT2D eigenvalue weighted by atomic mass is 16.4. The highest BCUT2D eigenvalue weighted by Crippen LogP contribution is 2.33. The molecular weight excluding hydrogens is 232 g/mol. The number of carbonyl (C=O) groups excluding carboxylic acids is 1. The van der Waals surface area contributed by atoms with Crippen LogP contribution in [0.5, 0.6) is 0 Å². The Hall–Kier alpha value is -1.26. The summed E-state index contributed by atoms with van der Waals surface area (Å²) in [5, 5.41) is 14.3. The summed E-state index contributed by atoms with van der Waals surface area (Å²) in [5.41, 5.74) is 0. The summed E-state index contributed by atoms with van der Waals surface area (Å²) in [5.74, 6) is 0.103. The molecule has 5 heteroatoms. The third kappa shape index (κ3) is 6.47. The second-order valence-electron chi connectivity index (χ2n) is 5.43. The van der Waals surface area contributed by atoms with E-state index in [4.69, 9.17) is 5.11 Å². The lowest BCUT2D eigenvalue weighted by Crippen LogP contribution is -2.45. The van der Waals surface area contributed by atoms with E-state index < -0.39 is 5.97 Å². The molecule has 0 heterocycles. The van der Waals surface area contributed by atoms with Gasteiger partial charge in [-0.1, -0.05) is 26.7 Å². The largest absolute Gasteiger partial charge is 0.481 e. The smallest absolute Gasteiger partial charge is 0.315 e. The number of hydrogen-bond donors (Lipinski definition) is 3. The standard InChI is InChI=1S/C13H24N2O3/c1-9(2)11(8-12(16)17)15-13(18)14-7-3-4-10-5-6-10/h9-11H,3-8H2,1-2H3,(H,16,17)(H2,14,15,18). The van der Waals surface area contributed by atoms with Gasteiger partial charge < -0.3 is 15.7 Å². The Morgan fingerprint density at radius 3 is 2.50 bits per heavy atom. The number of nitrogens with one attached hydrogen (secondary N) is 2. The zero-order chi connectivity index (χ0) is 13.5. The van der Waals surface area contributed by atoms with Crippen molar-refractivity contribution < 1.29 is 14.7 Å². The maximum Gasteiger partial charge on any atom is 0.315 e. The van der Waals surface area contributed by atoms with Gasteiger partial charge in [-0.25, -0.2) is 4.79 Å². The van der Waals surface area contributed by atoms with E-state index in [-0.39, 0.29) is 24.4 Å². The maximum atomic E-state index is 11.6. The first-order valence-corrected chi connectivity index (χ1v) is 6.75. The molecule has 104 valence electrons. The fourth-order valence-electron chi connectivity index (χ4n) is 1.86. The van der Waals surface area contributed by atoms with Gasteiger partial charge in [0.2, 0.25) is 0 Å². The molecule has 18 heavy (non-hydrogen) atoms. The SMILES string of the molecule is CC(C)C(CC(=O)O)NC(=O)NCCCC1CC1. The van der Waals surface area contributed by atoms with Gasteiger partial charge in [-0.15, -0.1) is 0 Å². The summed E-state index contributed by atoms with van der Waals surface area (Å²) in [6.45, 7) is 4.47. The highest BCUT2D eigenvalue weighted by molar-refractivity contribution is 5.75. The molecule has 1 fully saturated rings. The average Bonchev–Trinajstić information content (AvgIpc) is 3.06. The molecule has 0 aliphatic heterocycles. The van der Waals surface area contributed by atoms with E-state index in [1.165, 1.54) is 19.3 Å². The minimum atomic E-state index is -0.886. The Balaban J connectivity index is 2.15. The molecular formula is C13H24N2O3. The molecule has 0 aromatic heterocycles. The van der Waals surface area contributed by atoms with Gasteiger partial charge in [-0.05, 0) is 24.7 Å². The molecule has 1 rings (SSSR count). The van der Waals surface area contributed by atoms with Crippen LogP contribution in [0.15, 0.2) is 0 Å². The maximum absolute atomic E-state index is 11.6. The van der Waals surface area contributed by atoms with Crippen LogP contribution in [0, 0.1) is 11.8 Å². The molecule has 1 aliphatic rings. The van der Waals surface area contributed by atoms with E-state index in [1.54, 1.807) is 0 Å². The molecule has 1 aliphatic carbocycles. The van der Waals surface area contributed by atoms with E-state index in [9.17, 15) is 9.59 Å². The molecule has 1 atom stereocenters. The van der Waals surface area contributed by atoms with Gasteiger partial charge in [-0.2, -0.15) is 0 Å². The Kier molecular flexibility index (Phi) is 5.95. The number of rotatable bonds is 8. The second-order valence-corrected chi connectivity index (χ2v) is 5.43. The van der Waals surface area contributed by atoms with Crippen LogP contribution >= 0.6 is 0 Å². The third-order valence-corrected chi connectivity index (χ3v) is 3.29. The number of carbonyl (C=O) groups is 2. The van der Waals surface area contributed by atoms with Crippen molar-refractivity contribution in [2.75, 3.05) is 6.54 Å². The fraction of sp³-hybridized carbons (Fsp3) is 0.846. The van der Waals surface area contributed by atoms with Crippen LogP contribution in [0.3, 0.4) is 0 Å². The molecule has 0 spiro atoms. The van der Waals surface area contributed by atoms with Gasteiger partial charge in [0, 0.05) is 12.6 Å². The normalized spacial score (nSPS) is 16.4. The van der Waals surface area contributed by atoms with Crippen LogP contribution < -0.4 is 10.6 Å². The number of aliphatic carboxylic acids is 1. The van der Waals surface area contributed by atoms with E-state index in [2.05, 4.69) is 10.6 Å². The topological polar surface area (TPSA) is 78.4 Å². The van der Waals surface area contributed by atoms with Gasteiger partial charge in [0.15, 0.2) is 0 Å². The first-order chi connectivity index (χ1) is 8.49. The van der Waals surface area contributed by atoms with Crippen LogP contribution in [0.2, 0.25) is 0 Å². The molecule has 0 saturated heterocycles. The van der Waals surface area contributed by atoms with Crippen molar-refractivity contribution in [1.82, 2.24) is 10.6 Å². The monoisotopic (exact) mass is 256 g/mol. The lowest BCUT2D eigenvalue weighted by Gasteiger charge is -2.20. The van der Waals surface area contributed by atoms with Crippen LogP contribution in [-0.2, 0) is 4.79 Å². The van der Waals surface area contributed by atoms with Crippen molar-refractivity contribution in [3.8, 4) is 0 Å². The Morgan fingerprint density at radius 1 is 1.33 bits per heavy atom. The Bertz CT molecular complexity index is 288. The summed E-state index contributed by atoms with van der Waals surface area (Å²) in [6.07, 6.45) is 4.82. The van der Waals surface area contributed by atoms with Crippen LogP contribution in [0.4, 0.5) is 4.79 Å². The summed E-state index contributed by atoms with van der Waals surface area (Å²) in [4.78, 5) is 22.3. The molecule has 5 nitrogen and oxygen atoms in total. The average molecular weight is 256 g/mol. The lowest BCUT2D eigenvalue weighted by atomic mass is 10.0. The van der Waals surface area contributed by atoms with Gasteiger partial charge in [-0.3, -0.25) is 4.79 Å². The van der Waals surface area contributed by atoms with Gasteiger partial charge >= 0.3 is 12.0 Å². The van der Waals surface area contributed by atoms with Gasteiger partial charge in [0.25, 0.3) is 0 Å². The van der Waals surface area contributed by atoms with E-state index in [1.807, 2.05) is 13.8 Å². The number of amides is 2. The van der Waals surface area contributed by atoms with Crippen LogP contribution in [0.1, 0.15) is 46.0 Å². The molecule has 0 bridgehead atoms. The van der Waals surface area contributed by atoms with E-state index in [0.29, 0.717) is 6.54 Å². The zero-order valence-corrected chi connectivity index (χ0v) is 11.2. The molecule has 1 unspecified atom stereocenters. The molecule has 2 amide bonds. The molecule has 0 aromatic rings. The molecule has 0 aromatic carbocycles. The van der Waals surface area contributed by atoms with Crippen molar-refractivity contribution in [3.05, 3.63) is 0 Å². The highest BCUT2D eigenvalue weighted by Gasteiger charge is 2.21. The number of urea groups is 1. The van der Waals surface area contributed by atoms with Crippen molar-refractivity contribution in [2.45, 2.75) is 52.0 Å². The summed E-state index contributed by atoms with van der Waals surface area (Å²) >= 11 is 0. The van der Waals surface area contributed by atoms with E-state index in [0.717, 1.165) is 12.3 Å². The second kappa shape index (κ2) is 7.24. The predicted octanol–water partition coefficient (Wildman–Crippen LogP) is 1.98. The lowest BCUT2D eigenvalue weighted by molar-refractivity contribution is -0.137. The number of carboxylic acid groups (broad SMARTS) is 1. The quantitative estimate of drug-likeness (QED) is 0.581. The third-order valence-electron chi connectivity index (χ3n) is 3.29. The number of carboxylic acids is 1. The molecule has 0 radical (unpaired) electrons. The fourth-order valence-corrected chi connectivity index (χ4v) is 1.86. The first kappa shape index (κ1) is 14.8. The molecule has 3 N–H and O–H groups in total. The Morgan fingerprint density at radius 2 is 2.00 bits per heavy atom. The van der Waals surface area contributed by atoms with E-state index >= 15 is 0 Å². The summed E-state index contributed by atoms with van der Waals surface area (Å²) in [6, 6.07) is -0.573. The molecule has 1 saturated carbocycles. The van der Waals surface area contributed by atoms with Gasteiger partial charge in [0.05, 0.1) is 6.42 Å². The summed E-state index contributed by atoms with van der Waals surface area (Å²) < 4.78 is 0. The predicted molar refractivity (Wildman–Crippen MR) is 69.4 cm³/mol. The Labute approximate surface area is 108 Å². The van der Waals surface area contributed by atoms with Crippen molar-refractivity contribution in [2.24, 2.45) is 11.8 Å².